The summed E-state index contributed by atoms with van der Waals surface area (Å²) in [6, 6.07) is 20.0. The number of rotatable bonds is 7. The minimum atomic E-state index is -3.65. The number of hydrogen-bond acceptors (Lipinski definition) is 5. The lowest BCUT2D eigenvalue weighted by Gasteiger charge is -2.12. The molecule has 1 heterocycles. The topological polar surface area (TPSA) is 92.3 Å². The molecule has 158 valence electrons. The molecule has 2 N–H and O–H groups in total. The van der Waals surface area contributed by atoms with Gasteiger partial charge in [-0.15, -0.1) is 11.3 Å². The van der Waals surface area contributed by atoms with Crippen LogP contribution >= 0.6 is 11.3 Å². The predicted octanol–water partition coefficient (Wildman–Crippen LogP) is 3.80. The number of anilines is 1. The third-order valence-corrected chi connectivity index (χ3v) is 8.97. The smallest absolute Gasteiger partial charge is 0.250 e. The van der Waals surface area contributed by atoms with Gasteiger partial charge in [0.1, 0.15) is 4.21 Å². The van der Waals surface area contributed by atoms with Gasteiger partial charge in [0.25, 0.3) is 0 Å². The molecule has 0 spiro atoms. The van der Waals surface area contributed by atoms with Crippen molar-refractivity contribution in [2.75, 3.05) is 11.0 Å². The Bertz CT molecular complexity index is 1280. The van der Waals surface area contributed by atoms with Crippen LogP contribution in [0.2, 0.25) is 0 Å². The molecular weight excluding hydrogens is 440 g/mol. The van der Waals surface area contributed by atoms with E-state index in [1.807, 2.05) is 36.4 Å². The third kappa shape index (κ3) is 4.44. The van der Waals surface area contributed by atoms with Crippen LogP contribution in [0.3, 0.4) is 0 Å². The van der Waals surface area contributed by atoms with Crippen molar-refractivity contribution < 1.29 is 16.8 Å². The molecule has 0 radical (unpaired) electrons. The highest BCUT2D eigenvalue weighted by Crippen LogP contribution is 2.48. The molecule has 0 amide bonds. The summed E-state index contributed by atoms with van der Waals surface area (Å²) in [6.07, 6.45) is 1.84. The van der Waals surface area contributed by atoms with Crippen molar-refractivity contribution in [2.45, 2.75) is 29.0 Å². The maximum absolute atomic E-state index is 12.9. The fourth-order valence-electron chi connectivity index (χ4n) is 3.49. The molecule has 9 heteroatoms. The zero-order chi connectivity index (χ0) is 21.6. The van der Waals surface area contributed by atoms with Gasteiger partial charge in [-0.3, -0.25) is 4.72 Å². The minimum absolute atomic E-state index is 0.141. The molecule has 1 aliphatic carbocycles. The molecule has 0 aliphatic heterocycles. The van der Waals surface area contributed by atoms with Gasteiger partial charge in [0, 0.05) is 22.0 Å². The predicted molar refractivity (Wildman–Crippen MR) is 121 cm³/mol. The summed E-state index contributed by atoms with van der Waals surface area (Å²) < 4.78 is 54.2. The van der Waals surface area contributed by atoms with Crippen molar-refractivity contribution in [1.82, 2.24) is 4.72 Å². The van der Waals surface area contributed by atoms with E-state index in [1.54, 1.807) is 30.3 Å². The molecule has 30 heavy (non-hydrogen) atoms. The van der Waals surface area contributed by atoms with Gasteiger partial charge in [-0.25, -0.2) is 21.6 Å². The van der Waals surface area contributed by atoms with Crippen LogP contribution in [0.15, 0.2) is 70.9 Å². The molecule has 3 aromatic rings. The molecule has 1 fully saturated rings. The van der Waals surface area contributed by atoms with Crippen LogP contribution in [0.25, 0.3) is 10.4 Å². The van der Waals surface area contributed by atoms with E-state index >= 15 is 0 Å². The van der Waals surface area contributed by atoms with Crippen LogP contribution in [0, 0.1) is 0 Å². The SMILES string of the molecule is C[C@]1(c2ccccc2)C[C@@H]1NS(=O)(=O)c1ccc(-c2cccc(NS(C)(=O)=O)c2)s1. The molecule has 6 nitrogen and oxygen atoms in total. The second kappa shape index (κ2) is 7.49. The van der Waals surface area contributed by atoms with Gasteiger partial charge < -0.3 is 0 Å². The normalized spacial score (nSPS) is 21.3. The highest BCUT2D eigenvalue weighted by molar-refractivity contribution is 7.92. The Morgan fingerprint density at radius 3 is 2.40 bits per heavy atom. The maximum Gasteiger partial charge on any atom is 0.250 e. The van der Waals surface area contributed by atoms with Gasteiger partial charge in [0.05, 0.1) is 6.26 Å². The van der Waals surface area contributed by atoms with Crippen LogP contribution in [-0.2, 0) is 25.5 Å². The summed E-state index contributed by atoms with van der Waals surface area (Å²) in [7, 11) is -7.03. The Kier molecular flexibility index (Phi) is 5.26. The van der Waals surface area contributed by atoms with Crippen molar-refractivity contribution in [2.24, 2.45) is 0 Å². The lowest BCUT2D eigenvalue weighted by atomic mass is 9.98. The van der Waals surface area contributed by atoms with Crippen molar-refractivity contribution in [3.63, 3.8) is 0 Å². The molecule has 1 aromatic heterocycles. The molecule has 1 aliphatic rings. The van der Waals surface area contributed by atoms with Gasteiger partial charge in [0.2, 0.25) is 20.0 Å². The van der Waals surface area contributed by atoms with Crippen LogP contribution in [-0.4, -0.2) is 29.1 Å². The van der Waals surface area contributed by atoms with Crippen molar-refractivity contribution in [1.29, 1.82) is 0 Å². The van der Waals surface area contributed by atoms with Gasteiger partial charge in [-0.05, 0) is 41.8 Å². The number of sulfonamides is 2. The van der Waals surface area contributed by atoms with E-state index < -0.39 is 20.0 Å². The third-order valence-electron chi connectivity index (χ3n) is 5.26. The first-order chi connectivity index (χ1) is 14.1. The summed E-state index contributed by atoms with van der Waals surface area (Å²) >= 11 is 1.16. The maximum atomic E-state index is 12.9. The standard InChI is InChI=1S/C21H22N2O4S3/c1-21(16-8-4-3-5-9-16)14-19(21)23-30(26,27)20-12-11-18(28-20)15-7-6-10-17(13-15)22-29(2,24)25/h3-13,19,22-23H,14H2,1-2H3/t19-,21+/m0/s1. The van der Waals surface area contributed by atoms with Crippen LogP contribution in [0.1, 0.15) is 18.9 Å². The number of hydrogen-bond donors (Lipinski definition) is 2. The summed E-state index contributed by atoms with van der Waals surface area (Å²) in [5.74, 6) is 0. The average molecular weight is 463 g/mol. The highest BCUT2D eigenvalue weighted by atomic mass is 32.2. The molecule has 0 bridgehead atoms. The van der Waals surface area contributed by atoms with Gasteiger partial charge in [-0.2, -0.15) is 0 Å². The molecule has 0 unspecified atom stereocenters. The summed E-state index contributed by atoms with van der Waals surface area (Å²) in [4.78, 5) is 0.745. The fourth-order valence-corrected chi connectivity index (χ4v) is 6.71. The van der Waals surface area contributed by atoms with Crippen molar-refractivity contribution in [3.8, 4) is 10.4 Å². The minimum Gasteiger partial charge on any atom is -0.284 e. The molecule has 2 atom stereocenters. The van der Waals surface area contributed by atoms with Crippen molar-refractivity contribution in [3.05, 3.63) is 72.3 Å². The average Bonchev–Trinajstić information content (AvgIpc) is 3.10. The van der Waals surface area contributed by atoms with Gasteiger partial charge in [-0.1, -0.05) is 49.4 Å². The first-order valence-electron chi connectivity index (χ1n) is 9.33. The van der Waals surface area contributed by atoms with Crippen molar-refractivity contribution >= 4 is 37.1 Å². The van der Waals surface area contributed by atoms with Gasteiger partial charge >= 0.3 is 0 Å². The Morgan fingerprint density at radius 2 is 1.70 bits per heavy atom. The molecule has 1 saturated carbocycles. The summed E-state index contributed by atoms with van der Waals surface area (Å²) in [5, 5.41) is 0. The highest BCUT2D eigenvalue weighted by Gasteiger charge is 2.53. The number of nitrogens with one attached hydrogen (secondary N) is 2. The quantitative estimate of drug-likeness (QED) is 0.559. The second-order valence-electron chi connectivity index (χ2n) is 7.74. The summed E-state index contributed by atoms with van der Waals surface area (Å²) in [6.45, 7) is 2.07. The Labute approximate surface area is 181 Å². The van der Waals surface area contributed by atoms with E-state index in [-0.39, 0.29) is 15.7 Å². The van der Waals surface area contributed by atoms with E-state index in [0.29, 0.717) is 5.69 Å². The lowest BCUT2D eigenvalue weighted by Crippen LogP contribution is -2.29. The summed E-state index contributed by atoms with van der Waals surface area (Å²) in [5.41, 5.74) is 2.11. The Morgan fingerprint density at radius 1 is 0.967 bits per heavy atom. The second-order valence-corrected chi connectivity index (χ2v) is 12.5. The molecule has 2 aromatic carbocycles. The molecule has 0 saturated heterocycles. The van der Waals surface area contributed by atoms with E-state index in [9.17, 15) is 16.8 Å². The van der Waals surface area contributed by atoms with E-state index in [0.717, 1.165) is 40.0 Å². The zero-order valence-corrected chi connectivity index (χ0v) is 18.9. The van der Waals surface area contributed by atoms with Crippen LogP contribution in [0.4, 0.5) is 5.69 Å². The van der Waals surface area contributed by atoms with Gasteiger partial charge in [0.15, 0.2) is 0 Å². The largest absolute Gasteiger partial charge is 0.284 e. The molecular formula is C21H22N2O4S3. The number of thiophene rings is 1. The fraction of sp³-hybridized carbons (Fsp3) is 0.238. The Hall–Kier alpha value is -2.20. The van der Waals surface area contributed by atoms with E-state index in [2.05, 4.69) is 16.4 Å². The molecule has 4 rings (SSSR count). The van der Waals surface area contributed by atoms with Crippen LogP contribution in [0.5, 0.6) is 0 Å². The first-order valence-corrected chi connectivity index (χ1v) is 13.5. The van der Waals surface area contributed by atoms with Crippen LogP contribution < -0.4 is 9.44 Å². The van der Waals surface area contributed by atoms with E-state index in [1.165, 1.54) is 0 Å². The monoisotopic (exact) mass is 462 g/mol. The zero-order valence-electron chi connectivity index (χ0n) is 16.5. The van der Waals surface area contributed by atoms with E-state index in [4.69, 9.17) is 0 Å². The Balaban J connectivity index is 1.52. The lowest BCUT2D eigenvalue weighted by molar-refractivity contribution is 0.576. The number of benzene rings is 2. The first kappa shape index (κ1) is 21.0.